The number of rotatable bonds is 4. The molecule has 2 heterocycles. The van der Waals surface area contributed by atoms with E-state index < -0.39 is 5.92 Å². The van der Waals surface area contributed by atoms with Gasteiger partial charge in [0.05, 0.1) is 0 Å². The van der Waals surface area contributed by atoms with Crippen LogP contribution in [0.5, 0.6) is 0 Å². The van der Waals surface area contributed by atoms with E-state index in [4.69, 9.17) is 4.74 Å². The molecule has 3 rings (SSSR count). The molecule has 1 amide bonds. The SMILES string of the molecule is O=C(NCc1cnc([C@H]2CCCCO2)nc1)C1CCC(F)(F)CC1. The molecule has 24 heavy (non-hydrogen) atoms. The fraction of sp³-hybridized carbons (Fsp3) is 0.706. The smallest absolute Gasteiger partial charge is 0.248 e. The van der Waals surface area contributed by atoms with Crippen LogP contribution in [-0.2, 0) is 16.1 Å². The molecule has 1 N–H and O–H groups in total. The maximum Gasteiger partial charge on any atom is 0.248 e. The number of amides is 1. The van der Waals surface area contributed by atoms with E-state index in [-0.39, 0.29) is 43.6 Å². The van der Waals surface area contributed by atoms with Gasteiger partial charge in [0.25, 0.3) is 0 Å². The third-order valence-corrected chi connectivity index (χ3v) is 4.75. The third kappa shape index (κ3) is 4.47. The van der Waals surface area contributed by atoms with Crippen LogP contribution in [0.4, 0.5) is 8.78 Å². The minimum atomic E-state index is -2.61. The third-order valence-electron chi connectivity index (χ3n) is 4.75. The summed E-state index contributed by atoms with van der Waals surface area (Å²) >= 11 is 0. The maximum absolute atomic E-state index is 13.1. The Bertz CT molecular complexity index is 549. The van der Waals surface area contributed by atoms with Gasteiger partial charge in [-0.2, -0.15) is 0 Å². The van der Waals surface area contributed by atoms with Crippen LogP contribution in [0.15, 0.2) is 12.4 Å². The van der Waals surface area contributed by atoms with E-state index in [1.807, 2.05) is 0 Å². The fourth-order valence-corrected chi connectivity index (χ4v) is 3.20. The Hall–Kier alpha value is -1.63. The number of carbonyl (C=O) groups is 1. The van der Waals surface area contributed by atoms with Crippen molar-refractivity contribution >= 4 is 5.91 Å². The average Bonchev–Trinajstić information content (AvgIpc) is 2.61. The first-order chi connectivity index (χ1) is 11.5. The zero-order valence-corrected chi connectivity index (χ0v) is 13.6. The second-order valence-corrected chi connectivity index (χ2v) is 6.65. The number of nitrogens with zero attached hydrogens (tertiary/aromatic N) is 2. The van der Waals surface area contributed by atoms with Gasteiger partial charge in [-0.05, 0) is 32.1 Å². The van der Waals surface area contributed by atoms with Crippen molar-refractivity contribution in [3.8, 4) is 0 Å². The first-order valence-corrected chi connectivity index (χ1v) is 8.61. The summed E-state index contributed by atoms with van der Waals surface area (Å²) in [6.45, 7) is 1.06. The van der Waals surface area contributed by atoms with E-state index in [2.05, 4.69) is 15.3 Å². The fourth-order valence-electron chi connectivity index (χ4n) is 3.20. The van der Waals surface area contributed by atoms with E-state index in [0.717, 1.165) is 31.4 Å². The molecule has 0 bridgehead atoms. The highest BCUT2D eigenvalue weighted by Crippen LogP contribution is 2.36. The standard InChI is InChI=1S/C17H23F2N3O2/c18-17(19)6-4-13(5-7-17)16(23)22-11-12-9-20-15(21-10-12)14-3-1-2-8-24-14/h9-10,13-14H,1-8,11H2,(H,22,23)/t14-/m1/s1. The molecule has 1 saturated carbocycles. The molecule has 1 aliphatic carbocycles. The van der Waals surface area contributed by atoms with Crippen LogP contribution in [0.3, 0.4) is 0 Å². The number of alkyl halides is 2. The van der Waals surface area contributed by atoms with Gasteiger partial charge in [-0.3, -0.25) is 4.79 Å². The summed E-state index contributed by atoms with van der Waals surface area (Å²) in [5.74, 6) is -2.41. The lowest BCUT2D eigenvalue weighted by molar-refractivity contribution is -0.129. The molecular weight excluding hydrogens is 316 g/mol. The first-order valence-electron chi connectivity index (χ1n) is 8.61. The van der Waals surface area contributed by atoms with Gasteiger partial charge >= 0.3 is 0 Å². The van der Waals surface area contributed by atoms with Gasteiger partial charge in [0.1, 0.15) is 6.10 Å². The molecule has 132 valence electrons. The number of ether oxygens (including phenoxy) is 1. The molecule has 1 aromatic heterocycles. The molecule has 0 unspecified atom stereocenters. The lowest BCUT2D eigenvalue weighted by Gasteiger charge is -2.27. The molecule has 1 aromatic rings. The molecule has 2 fully saturated rings. The summed E-state index contributed by atoms with van der Waals surface area (Å²) in [4.78, 5) is 20.7. The van der Waals surface area contributed by atoms with E-state index >= 15 is 0 Å². The largest absolute Gasteiger partial charge is 0.370 e. The van der Waals surface area contributed by atoms with Crippen molar-refractivity contribution in [3.63, 3.8) is 0 Å². The second kappa shape index (κ2) is 7.51. The lowest BCUT2D eigenvalue weighted by Crippen LogP contribution is -2.35. The molecule has 0 aromatic carbocycles. The molecule has 1 atom stereocenters. The van der Waals surface area contributed by atoms with Gasteiger partial charge in [0, 0.05) is 49.9 Å². The molecule has 1 aliphatic heterocycles. The van der Waals surface area contributed by atoms with Crippen molar-refractivity contribution in [1.82, 2.24) is 15.3 Å². The van der Waals surface area contributed by atoms with Gasteiger partial charge in [0.2, 0.25) is 11.8 Å². The maximum atomic E-state index is 13.1. The number of aromatic nitrogens is 2. The van der Waals surface area contributed by atoms with Crippen molar-refractivity contribution in [2.24, 2.45) is 5.92 Å². The van der Waals surface area contributed by atoms with Crippen molar-refractivity contribution in [1.29, 1.82) is 0 Å². The molecule has 1 saturated heterocycles. The first kappa shape index (κ1) is 17.2. The van der Waals surface area contributed by atoms with Gasteiger partial charge in [-0.25, -0.2) is 18.7 Å². The van der Waals surface area contributed by atoms with Gasteiger partial charge in [-0.1, -0.05) is 0 Å². The summed E-state index contributed by atoms with van der Waals surface area (Å²) < 4.78 is 31.9. The summed E-state index contributed by atoms with van der Waals surface area (Å²) in [5.41, 5.74) is 0.795. The van der Waals surface area contributed by atoms with E-state index in [9.17, 15) is 13.6 Å². The minimum Gasteiger partial charge on any atom is -0.370 e. The van der Waals surface area contributed by atoms with Gasteiger partial charge < -0.3 is 10.1 Å². The van der Waals surface area contributed by atoms with Crippen LogP contribution >= 0.6 is 0 Å². The highest BCUT2D eigenvalue weighted by atomic mass is 19.3. The molecule has 2 aliphatic rings. The van der Waals surface area contributed by atoms with Crippen molar-refractivity contribution < 1.29 is 18.3 Å². The normalized spacial score (nSPS) is 24.5. The van der Waals surface area contributed by atoms with Crippen LogP contribution in [0, 0.1) is 5.92 Å². The predicted octanol–water partition coefficient (Wildman–Crippen LogP) is 3.16. The number of halogens is 2. The quantitative estimate of drug-likeness (QED) is 0.915. The minimum absolute atomic E-state index is 0.0358. The van der Waals surface area contributed by atoms with Crippen LogP contribution in [-0.4, -0.2) is 28.4 Å². The van der Waals surface area contributed by atoms with E-state index in [0.29, 0.717) is 12.4 Å². The van der Waals surface area contributed by atoms with Crippen LogP contribution in [0.2, 0.25) is 0 Å². The summed E-state index contributed by atoms with van der Waals surface area (Å²) in [6, 6.07) is 0. The Morgan fingerprint density at radius 2 is 1.92 bits per heavy atom. The van der Waals surface area contributed by atoms with Crippen LogP contribution < -0.4 is 5.32 Å². The van der Waals surface area contributed by atoms with Crippen molar-refractivity contribution in [3.05, 3.63) is 23.8 Å². The molecule has 5 nitrogen and oxygen atoms in total. The highest BCUT2D eigenvalue weighted by molar-refractivity contribution is 5.78. The van der Waals surface area contributed by atoms with Gasteiger partial charge in [-0.15, -0.1) is 0 Å². The number of hydrogen-bond acceptors (Lipinski definition) is 4. The Morgan fingerprint density at radius 3 is 2.54 bits per heavy atom. The van der Waals surface area contributed by atoms with Crippen molar-refractivity contribution in [2.75, 3.05) is 6.61 Å². The second-order valence-electron chi connectivity index (χ2n) is 6.65. The Balaban J connectivity index is 1.47. The Labute approximate surface area is 140 Å². The zero-order chi connectivity index (χ0) is 17.0. The number of carbonyl (C=O) groups excluding carboxylic acids is 1. The summed E-state index contributed by atoms with van der Waals surface area (Å²) in [5, 5.41) is 2.80. The monoisotopic (exact) mass is 339 g/mol. The summed E-state index contributed by atoms with van der Waals surface area (Å²) in [6.07, 6.45) is 6.55. The van der Waals surface area contributed by atoms with E-state index in [1.54, 1.807) is 12.4 Å². The molecule has 0 radical (unpaired) electrons. The topological polar surface area (TPSA) is 64.1 Å². The number of hydrogen-bond donors (Lipinski definition) is 1. The molecular formula is C17H23F2N3O2. The van der Waals surface area contributed by atoms with Crippen LogP contribution in [0.1, 0.15) is 62.4 Å². The predicted molar refractivity (Wildman–Crippen MR) is 83.3 cm³/mol. The molecule has 0 spiro atoms. The lowest BCUT2D eigenvalue weighted by atomic mass is 9.86. The molecule has 7 heteroatoms. The van der Waals surface area contributed by atoms with Crippen molar-refractivity contribution in [2.45, 2.75) is 63.5 Å². The average molecular weight is 339 g/mol. The zero-order valence-electron chi connectivity index (χ0n) is 13.6. The van der Waals surface area contributed by atoms with Gasteiger partial charge in [0.15, 0.2) is 5.82 Å². The highest BCUT2D eigenvalue weighted by Gasteiger charge is 2.37. The Morgan fingerprint density at radius 1 is 1.21 bits per heavy atom. The Kier molecular flexibility index (Phi) is 5.38. The van der Waals surface area contributed by atoms with Crippen LogP contribution in [0.25, 0.3) is 0 Å². The number of nitrogens with one attached hydrogen (secondary N) is 1. The van der Waals surface area contributed by atoms with E-state index in [1.165, 1.54) is 0 Å². The summed E-state index contributed by atoms with van der Waals surface area (Å²) in [7, 11) is 0.